The van der Waals surface area contributed by atoms with Crippen molar-refractivity contribution in [2.24, 2.45) is 0 Å². The fraction of sp³-hybridized carbons (Fsp3) is 0.316. The van der Waals surface area contributed by atoms with Gasteiger partial charge in [-0.15, -0.1) is 0 Å². The smallest absolute Gasteiger partial charge is 0.264 e. The lowest BCUT2D eigenvalue weighted by atomic mass is 10.1. The van der Waals surface area contributed by atoms with Crippen LogP contribution in [0.1, 0.15) is 15.9 Å². The summed E-state index contributed by atoms with van der Waals surface area (Å²) in [6, 6.07) is 8.90. The van der Waals surface area contributed by atoms with Gasteiger partial charge in [0.25, 0.3) is 5.91 Å². The molecule has 0 saturated carbocycles. The fourth-order valence-corrected chi connectivity index (χ4v) is 3.12. The number of anilines is 1. The number of aromatic nitrogens is 1. The SMILES string of the molecule is Cc1ccc2c(c1)N(CC(=O)N1CCOCC1)C(=O)c1cccnc1O2. The Morgan fingerprint density at radius 2 is 2.04 bits per heavy atom. The number of aryl methyl sites for hydroxylation is 1. The van der Waals surface area contributed by atoms with E-state index >= 15 is 0 Å². The van der Waals surface area contributed by atoms with E-state index in [-0.39, 0.29) is 24.2 Å². The highest BCUT2D eigenvalue weighted by Crippen LogP contribution is 2.38. The summed E-state index contributed by atoms with van der Waals surface area (Å²) in [7, 11) is 0. The summed E-state index contributed by atoms with van der Waals surface area (Å²) in [5, 5.41) is 0. The van der Waals surface area contributed by atoms with E-state index in [2.05, 4.69) is 4.98 Å². The van der Waals surface area contributed by atoms with Crippen LogP contribution in [-0.2, 0) is 9.53 Å². The monoisotopic (exact) mass is 353 g/mol. The molecule has 0 bridgehead atoms. The molecule has 26 heavy (non-hydrogen) atoms. The van der Waals surface area contributed by atoms with Crippen molar-refractivity contribution in [1.29, 1.82) is 0 Å². The van der Waals surface area contributed by atoms with Gasteiger partial charge in [0, 0.05) is 19.3 Å². The number of carbonyl (C=O) groups excluding carboxylic acids is 2. The standard InChI is InChI=1S/C19H19N3O4/c1-13-4-5-16-15(11-13)22(12-17(23)21-7-9-25-10-8-21)19(24)14-3-2-6-20-18(14)26-16/h2-6,11H,7-10,12H2,1H3. The van der Waals surface area contributed by atoms with Crippen LogP contribution in [-0.4, -0.2) is 54.5 Å². The molecule has 2 amide bonds. The van der Waals surface area contributed by atoms with Crippen molar-refractivity contribution < 1.29 is 19.1 Å². The molecule has 0 aliphatic carbocycles. The van der Waals surface area contributed by atoms with Gasteiger partial charge < -0.3 is 14.4 Å². The number of carbonyl (C=O) groups is 2. The Hall–Kier alpha value is -2.93. The lowest BCUT2D eigenvalue weighted by molar-refractivity contribution is -0.133. The van der Waals surface area contributed by atoms with Gasteiger partial charge in [-0.05, 0) is 36.8 Å². The van der Waals surface area contributed by atoms with Gasteiger partial charge in [0.2, 0.25) is 11.8 Å². The predicted octanol–water partition coefficient (Wildman–Crippen LogP) is 2.00. The van der Waals surface area contributed by atoms with E-state index in [1.54, 1.807) is 29.3 Å². The van der Waals surface area contributed by atoms with Crippen molar-refractivity contribution in [2.45, 2.75) is 6.92 Å². The van der Waals surface area contributed by atoms with Crippen LogP contribution in [0.25, 0.3) is 0 Å². The van der Waals surface area contributed by atoms with Crippen LogP contribution >= 0.6 is 0 Å². The van der Waals surface area contributed by atoms with E-state index in [0.29, 0.717) is 43.3 Å². The molecule has 3 heterocycles. The molecule has 134 valence electrons. The molecule has 0 N–H and O–H groups in total. The zero-order valence-electron chi connectivity index (χ0n) is 14.5. The molecule has 7 heteroatoms. The van der Waals surface area contributed by atoms with Crippen LogP contribution in [0.15, 0.2) is 36.5 Å². The second-order valence-corrected chi connectivity index (χ2v) is 6.31. The number of pyridine rings is 1. The number of morpholine rings is 1. The summed E-state index contributed by atoms with van der Waals surface area (Å²) in [6.45, 7) is 4.00. The van der Waals surface area contributed by atoms with E-state index in [9.17, 15) is 9.59 Å². The van der Waals surface area contributed by atoms with Crippen LogP contribution in [0.2, 0.25) is 0 Å². The first kappa shape index (κ1) is 16.5. The van der Waals surface area contributed by atoms with Crippen LogP contribution in [0.3, 0.4) is 0 Å². The quantitative estimate of drug-likeness (QED) is 0.826. The van der Waals surface area contributed by atoms with Gasteiger partial charge in [0.15, 0.2) is 5.75 Å². The number of hydrogen-bond acceptors (Lipinski definition) is 5. The molecule has 4 rings (SSSR count). The molecule has 0 unspecified atom stereocenters. The number of hydrogen-bond donors (Lipinski definition) is 0. The molecule has 2 aromatic rings. The van der Waals surface area contributed by atoms with Crippen molar-refractivity contribution >= 4 is 17.5 Å². The Balaban J connectivity index is 1.72. The van der Waals surface area contributed by atoms with E-state index in [1.165, 1.54) is 4.90 Å². The normalized spacial score (nSPS) is 16.4. The minimum absolute atomic E-state index is 0.0486. The number of amides is 2. The minimum Gasteiger partial charge on any atom is -0.436 e. The summed E-state index contributed by atoms with van der Waals surface area (Å²) >= 11 is 0. The lowest BCUT2D eigenvalue weighted by Gasteiger charge is -2.30. The van der Waals surface area contributed by atoms with Gasteiger partial charge in [-0.25, -0.2) is 4.98 Å². The van der Waals surface area contributed by atoms with Crippen molar-refractivity contribution in [3.63, 3.8) is 0 Å². The van der Waals surface area contributed by atoms with Gasteiger partial charge in [0.1, 0.15) is 12.1 Å². The highest BCUT2D eigenvalue weighted by atomic mass is 16.5. The summed E-state index contributed by atoms with van der Waals surface area (Å²) in [4.78, 5) is 33.3. The maximum atomic E-state index is 13.1. The van der Waals surface area contributed by atoms with E-state index in [4.69, 9.17) is 9.47 Å². The molecular formula is C19H19N3O4. The Bertz CT molecular complexity index is 862. The molecule has 1 fully saturated rings. The van der Waals surface area contributed by atoms with Gasteiger partial charge in [-0.2, -0.15) is 0 Å². The van der Waals surface area contributed by atoms with E-state index in [0.717, 1.165) is 5.56 Å². The summed E-state index contributed by atoms with van der Waals surface area (Å²) in [5.41, 5.74) is 1.90. The molecule has 1 aromatic heterocycles. The average Bonchev–Trinajstić information content (AvgIpc) is 2.78. The third kappa shape index (κ3) is 3.01. The largest absolute Gasteiger partial charge is 0.436 e. The molecular weight excluding hydrogens is 334 g/mol. The van der Waals surface area contributed by atoms with Crippen molar-refractivity contribution in [1.82, 2.24) is 9.88 Å². The topological polar surface area (TPSA) is 72.0 Å². The molecule has 0 atom stereocenters. The predicted molar refractivity (Wildman–Crippen MR) is 94.6 cm³/mol. The molecule has 2 aliphatic heterocycles. The average molecular weight is 353 g/mol. The number of ether oxygens (including phenoxy) is 2. The fourth-order valence-electron chi connectivity index (χ4n) is 3.12. The summed E-state index contributed by atoms with van der Waals surface area (Å²) in [5.74, 6) is 0.362. The maximum absolute atomic E-state index is 13.1. The third-order valence-electron chi connectivity index (χ3n) is 4.52. The Morgan fingerprint density at radius 3 is 2.85 bits per heavy atom. The summed E-state index contributed by atoms with van der Waals surface area (Å²) in [6.07, 6.45) is 1.58. The Morgan fingerprint density at radius 1 is 1.23 bits per heavy atom. The molecule has 0 spiro atoms. The van der Waals surface area contributed by atoms with Crippen LogP contribution in [0.5, 0.6) is 11.6 Å². The Labute approximate surface area is 151 Å². The van der Waals surface area contributed by atoms with E-state index in [1.807, 2.05) is 19.1 Å². The number of benzene rings is 1. The van der Waals surface area contributed by atoms with Crippen molar-refractivity contribution in [3.8, 4) is 11.6 Å². The van der Waals surface area contributed by atoms with Crippen molar-refractivity contribution in [3.05, 3.63) is 47.7 Å². The number of fused-ring (bicyclic) bond motifs is 2. The molecule has 0 radical (unpaired) electrons. The van der Waals surface area contributed by atoms with E-state index < -0.39 is 0 Å². The third-order valence-corrected chi connectivity index (χ3v) is 4.52. The first-order valence-electron chi connectivity index (χ1n) is 8.54. The van der Waals surface area contributed by atoms with Crippen LogP contribution in [0, 0.1) is 6.92 Å². The Kier molecular flexibility index (Phi) is 4.30. The maximum Gasteiger partial charge on any atom is 0.264 e. The highest BCUT2D eigenvalue weighted by Gasteiger charge is 2.31. The first-order chi connectivity index (χ1) is 12.6. The molecule has 1 aromatic carbocycles. The van der Waals surface area contributed by atoms with Gasteiger partial charge in [-0.1, -0.05) is 6.07 Å². The minimum atomic E-state index is -0.293. The molecule has 2 aliphatic rings. The van der Waals surface area contributed by atoms with Gasteiger partial charge in [0.05, 0.1) is 18.9 Å². The lowest BCUT2D eigenvalue weighted by Crippen LogP contribution is -2.47. The molecule has 7 nitrogen and oxygen atoms in total. The second-order valence-electron chi connectivity index (χ2n) is 6.31. The zero-order chi connectivity index (χ0) is 18.1. The zero-order valence-corrected chi connectivity index (χ0v) is 14.5. The first-order valence-corrected chi connectivity index (χ1v) is 8.54. The summed E-state index contributed by atoms with van der Waals surface area (Å²) < 4.78 is 11.2. The van der Waals surface area contributed by atoms with Gasteiger partial charge in [-0.3, -0.25) is 14.5 Å². The van der Waals surface area contributed by atoms with Gasteiger partial charge >= 0.3 is 0 Å². The number of nitrogens with zero attached hydrogens (tertiary/aromatic N) is 3. The number of rotatable bonds is 2. The van der Waals surface area contributed by atoms with Crippen molar-refractivity contribution in [2.75, 3.05) is 37.7 Å². The van der Waals surface area contributed by atoms with Crippen LogP contribution < -0.4 is 9.64 Å². The van der Waals surface area contributed by atoms with Crippen LogP contribution in [0.4, 0.5) is 5.69 Å². The second kappa shape index (κ2) is 6.76. The molecule has 1 saturated heterocycles. The highest BCUT2D eigenvalue weighted by molar-refractivity contribution is 6.11.